The molecule has 0 aromatic heterocycles. The molecule has 3 N–H and O–H groups in total. The minimum absolute atomic E-state index is 0.0169. The Balaban J connectivity index is 3.06. The van der Waals surface area contributed by atoms with Gasteiger partial charge in [0.25, 0.3) is 5.69 Å². The van der Waals surface area contributed by atoms with Gasteiger partial charge in [0.05, 0.1) is 23.3 Å². The van der Waals surface area contributed by atoms with E-state index in [0.29, 0.717) is 0 Å². The van der Waals surface area contributed by atoms with E-state index in [9.17, 15) is 10.1 Å². The van der Waals surface area contributed by atoms with Crippen LogP contribution in [0.5, 0.6) is 5.75 Å². The van der Waals surface area contributed by atoms with E-state index < -0.39 is 4.92 Å². The van der Waals surface area contributed by atoms with E-state index in [-0.39, 0.29) is 35.4 Å². The third-order valence-corrected chi connectivity index (χ3v) is 1.93. The summed E-state index contributed by atoms with van der Waals surface area (Å²) < 4.78 is 4.99. The second kappa shape index (κ2) is 4.81. The molecule has 1 aromatic carbocycles. The van der Waals surface area contributed by atoms with Crippen LogP contribution in [0.4, 0.5) is 11.4 Å². The van der Waals surface area contributed by atoms with Crippen molar-refractivity contribution >= 4 is 23.0 Å². The lowest BCUT2D eigenvalue weighted by atomic mass is 10.2. The summed E-state index contributed by atoms with van der Waals surface area (Å²) in [6, 6.07) is 2.37. The average molecular weight is 233 g/mol. The Morgan fingerprint density at radius 3 is 2.80 bits per heavy atom. The summed E-state index contributed by atoms with van der Waals surface area (Å²) in [7, 11) is 0. The minimum Gasteiger partial charge on any atom is -0.489 e. The molecule has 1 aromatic rings. The van der Waals surface area contributed by atoms with Gasteiger partial charge in [-0.25, -0.2) is 0 Å². The molecular formula is C8H9ClN2O4. The normalized spacial score (nSPS) is 10.0. The summed E-state index contributed by atoms with van der Waals surface area (Å²) >= 11 is 5.60. The Morgan fingerprint density at radius 1 is 1.60 bits per heavy atom. The fourth-order valence-corrected chi connectivity index (χ4v) is 1.22. The number of nitro benzene ring substituents is 1. The monoisotopic (exact) mass is 232 g/mol. The van der Waals surface area contributed by atoms with E-state index in [2.05, 4.69) is 0 Å². The first-order valence-corrected chi connectivity index (χ1v) is 4.41. The molecule has 6 nitrogen and oxygen atoms in total. The molecule has 0 aliphatic heterocycles. The molecule has 0 aliphatic rings. The fourth-order valence-electron chi connectivity index (χ4n) is 0.979. The van der Waals surface area contributed by atoms with Gasteiger partial charge in [0.1, 0.15) is 17.4 Å². The summed E-state index contributed by atoms with van der Waals surface area (Å²) in [5, 5.41) is 19.0. The first kappa shape index (κ1) is 11.5. The first-order chi connectivity index (χ1) is 7.06. The highest BCUT2D eigenvalue weighted by atomic mass is 35.5. The molecule has 0 radical (unpaired) electrons. The number of anilines is 1. The Bertz CT molecular complexity index is 383. The van der Waals surface area contributed by atoms with Crippen LogP contribution in [-0.2, 0) is 0 Å². The number of hydrogen-bond donors (Lipinski definition) is 2. The molecule has 7 heteroatoms. The molecule has 15 heavy (non-hydrogen) atoms. The molecule has 82 valence electrons. The summed E-state index contributed by atoms with van der Waals surface area (Å²) in [5.74, 6) is 0.139. The molecule has 0 unspecified atom stereocenters. The van der Waals surface area contributed by atoms with E-state index in [4.69, 9.17) is 27.2 Å². The third kappa shape index (κ3) is 2.71. The zero-order valence-corrected chi connectivity index (χ0v) is 8.40. The number of nitrogens with two attached hydrogens (primary N) is 1. The standard InChI is InChI=1S/C8H9ClN2O4/c9-5-3-6(10)8(15-2-1-12)4-7(5)11(13)14/h3-4,12H,1-2,10H2. The number of ether oxygens (including phenoxy) is 1. The van der Waals surface area contributed by atoms with Gasteiger partial charge < -0.3 is 15.6 Å². The molecule has 0 spiro atoms. The lowest BCUT2D eigenvalue weighted by Crippen LogP contribution is -2.04. The molecule has 1 rings (SSSR count). The molecule has 0 bridgehead atoms. The highest BCUT2D eigenvalue weighted by molar-refractivity contribution is 6.33. The van der Waals surface area contributed by atoms with Crippen molar-refractivity contribution in [3.05, 3.63) is 27.3 Å². The Kier molecular flexibility index (Phi) is 3.70. The van der Waals surface area contributed by atoms with Crippen LogP contribution in [0, 0.1) is 10.1 Å². The van der Waals surface area contributed by atoms with Crippen LogP contribution in [0.2, 0.25) is 5.02 Å². The van der Waals surface area contributed by atoms with Gasteiger partial charge in [-0.15, -0.1) is 0 Å². The van der Waals surface area contributed by atoms with Gasteiger partial charge in [-0.2, -0.15) is 0 Å². The number of halogens is 1. The van der Waals surface area contributed by atoms with Gasteiger partial charge >= 0.3 is 0 Å². The summed E-state index contributed by atoms with van der Waals surface area (Å²) in [6.07, 6.45) is 0. The molecule has 0 saturated heterocycles. The molecule has 0 atom stereocenters. The number of benzene rings is 1. The number of rotatable bonds is 4. The van der Waals surface area contributed by atoms with Crippen LogP contribution < -0.4 is 10.5 Å². The molecule has 0 aliphatic carbocycles. The van der Waals surface area contributed by atoms with Crippen molar-refractivity contribution in [2.24, 2.45) is 0 Å². The predicted molar refractivity (Wildman–Crippen MR) is 55.1 cm³/mol. The molecule has 0 amide bonds. The summed E-state index contributed by atoms with van der Waals surface area (Å²) in [5.41, 5.74) is 5.43. The smallest absolute Gasteiger partial charge is 0.291 e. The number of nitrogen functional groups attached to an aromatic ring is 1. The number of nitrogens with zero attached hydrogens (tertiary/aromatic N) is 1. The molecule has 0 heterocycles. The van der Waals surface area contributed by atoms with Crippen LogP contribution in [0.1, 0.15) is 0 Å². The van der Waals surface area contributed by atoms with Crippen LogP contribution in [0.3, 0.4) is 0 Å². The molecular weight excluding hydrogens is 224 g/mol. The van der Waals surface area contributed by atoms with E-state index in [1.54, 1.807) is 0 Å². The highest BCUT2D eigenvalue weighted by Crippen LogP contribution is 2.33. The maximum absolute atomic E-state index is 10.5. The van der Waals surface area contributed by atoms with Gasteiger partial charge in [-0.1, -0.05) is 11.6 Å². The second-order valence-electron chi connectivity index (χ2n) is 2.67. The van der Waals surface area contributed by atoms with Crippen LogP contribution in [-0.4, -0.2) is 23.2 Å². The number of hydrogen-bond acceptors (Lipinski definition) is 5. The van der Waals surface area contributed by atoms with Gasteiger partial charge in [0.15, 0.2) is 0 Å². The maximum Gasteiger partial charge on any atom is 0.291 e. The van der Waals surface area contributed by atoms with Crippen molar-refractivity contribution in [1.82, 2.24) is 0 Å². The van der Waals surface area contributed by atoms with Gasteiger partial charge in [-0.3, -0.25) is 10.1 Å². The highest BCUT2D eigenvalue weighted by Gasteiger charge is 2.16. The van der Waals surface area contributed by atoms with E-state index in [1.165, 1.54) is 6.07 Å². The van der Waals surface area contributed by atoms with Crippen molar-refractivity contribution in [2.45, 2.75) is 0 Å². The van der Waals surface area contributed by atoms with Crippen molar-refractivity contribution < 1.29 is 14.8 Å². The van der Waals surface area contributed by atoms with Crippen LogP contribution >= 0.6 is 11.6 Å². The summed E-state index contributed by atoms with van der Waals surface area (Å²) in [4.78, 5) is 9.90. The Morgan fingerprint density at radius 2 is 2.27 bits per heavy atom. The Labute approximate surface area is 90.4 Å². The largest absolute Gasteiger partial charge is 0.489 e. The van der Waals surface area contributed by atoms with Gasteiger partial charge in [0, 0.05) is 0 Å². The van der Waals surface area contributed by atoms with Crippen molar-refractivity contribution in [3.63, 3.8) is 0 Å². The lowest BCUT2D eigenvalue weighted by Gasteiger charge is -2.07. The number of aliphatic hydroxyl groups excluding tert-OH is 1. The van der Waals surface area contributed by atoms with Crippen molar-refractivity contribution in [2.75, 3.05) is 18.9 Å². The number of nitro groups is 1. The summed E-state index contributed by atoms with van der Waals surface area (Å²) in [6.45, 7) is -0.182. The van der Waals surface area contributed by atoms with Crippen LogP contribution in [0.25, 0.3) is 0 Å². The quantitative estimate of drug-likeness (QED) is 0.462. The van der Waals surface area contributed by atoms with Crippen molar-refractivity contribution in [3.8, 4) is 5.75 Å². The molecule has 0 fully saturated rings. The zero-order valence-electron chi connectivity index (χ0n) is 7.64. The first-order valence-electron chi connectivity index (χ1n) is 4.03. The lowest BCUT2D eigenvalue weighted by molar-refractivity contribution is -0.384. The van der Waals surface area contributed by atoms with Crippen LogP contribution in [0.15, 0.2) is 12.1 Å². The Hall–Kier alpha value is -1.53. The zero-order chi connectivity index (χ0) is 11.4. The second-order valence-corrected chi connectivity index (χ2v) is 3.08. The predicted octanol–water partition coefficient (Wildman–Crippen LogP) is 1.20. The molecule has 0 saturated carbocycles. The van der Waals surface area contributed by atoms with E-state index in [1.807, 2.05) is 0 Å². The van der Waals surface area contributed by atoms with Crippen molar-refractivity contribution in [1.29, 1.82) is 0 Å². The minimum atomic E-state index is -0.631. The van der Waals surface area contributed by atoms with Gasteiger partial charge in [-0.05, 0) is 6.07 Å². The maximum atomic E-state index is 10.5. The third-order valence-electron chi connectivity index (χ3n) is 1.62. The number of aliphatic hydroxyl groups is 1. The van der Waals surface area contributed by atoms with E-state index >= 15 is 0 Å². The average Bonchev–Trinajstić information content (AvgIpc) is 2.16. The fraction of sp³-hybridized carbons (Fsp3) is 0.250. The van der Waals surface area contributed by atoms with E-state index in [0.717, 1.165) is 6.07 Å². The topological polar surface area (TPSA) is 98.6 Å². The van der Waals surface area contributed by atoms with Gasteiger partial charge in [0.2, 0.25) is 0 Å². The SMILES string of the molecule is Nc1cc(Cl)c([N+](=O)[O-])cc1OCCO.